The van der Waals surface area contributed by atoms with Gasteiger partial charge in [-0.3, -0.25) is 10.1 Å². The molecule has 12 heavy (non-hydrogen) atoms. The van der Waals surface area contributed by atoms with Gasteiger partial charge >= 0.3 is 11.9 Å². The largest absolute Gasteiger partial charge is 0.480 e. The van der Waals surface area contributed by atoms with Gasteiger partial charge in [0.25, 0.3) is 0 Å². The van der Waals surface area contributed by atoms with Crippen LogP contribution in [0.4, 0.5) is 0 Å². The molecule has 0 amide bonds. The lowest BCUT2D eigenvalue weighted by molar-refractivity contribution is -0.141. The fraction of sp³-hybridized carbons (Fsp3) is 0.667. The molecule has 1 fully saturated rings. The van der Waals surface area contributed by atoms with Gasteiger partial charge in [-0.2, -0.15) is 0 Å². The first-order chi connectivity index (χ1) is 5.65. The smallest absolute Gasteiger partial charge is 0.333 e. The summed E-state index contributed by atoms with van der Waals surface area (Å²) in [7, 11) is 1.28. The second-order valence-corrected chi connectivity index (χ2v) is 3.43. The number of thioether (sulfide) groups is 1. The van der Waals surface area contributed by atoms with Crippen LogP contribution in [0.25, 0.3) is 0 Å². The summed E-state index contributed by atoms with van der Waals surface area (Å²) < 4.78 is 4.45. The normalized spacial score (nSPS) is 28.4. The summed E-state index contributed by atoms with van der Waals surface area (Å²) in [5.74, 6) is -0.965. The van der Waals surface area contributed by atoms with Crippen LogP contribution in [0.1, 0.15) is 0 Å². The average molecular weight is 191 g/mol. The van der Waals surface area contributed by atoms with Crippen molar-refractivity contribution in [2.45, 2.75) is 11.4 Å². The molecule has 0 aromatic heterocycles. The highest BCUT2D eigenvalue weighted by molar-refractivity contribution is 8.00. The van der Waals surface area contributed by atoms with Gasteiger partial charge in [0.1, 0.15) is 6.04 Å². The highest BCUT2D eigenvalue weighted by Crippen LogP contribution is 2.19. The molecule has 0 spiro atoms. The number of carboxylic acids is 1. The van der Waals surface area contributed by atoms with E-state index in [1.807, 2.05) is 0 Å². The number of carbonyl (C=O) groups is 2. The van der Waals surface area contributed by atoms with E-state index in [-0.39, 0.29) is 0 Å². The number of carboxylic acid groups (broad SMARTS) is 1. The predicted octanol–water partition coefficient (Wildman–Crippen LogP) is -0.725. The molecule has 68 valence electrons. The quantitative estimate of drug-likeness (QED) is 0.561. The van der Waals surface area contributed by atoms with Gasteiger partial charge in [-0.05, 0) is 0 Å². The fourth-order valence-electron chi connectivity index (χ4n) is 0.857. The molecule has 0 aromatic rings. The molecule has 1 aliphatic rings. The molecule has 1 aliphatic heterocycles. The third kappa shape index (κ3) is 1.89. The van der Waals surface area contributed by atoms with Crippen LogP contribution in [0.15, 0.2) is 0 Å². The Morgan fingerprint density at radius 2 is 2.33 bits per heavy atom. The standard InChI is InChI=1S/C6H9NO4S/c1-11-6(10)4-7-3(2-12-4)5(8)9/h3-4,7H,2H2,1H3,(H,8,9)/t3-,4?/m1/s1. The topological polar surface area (TPSA) is 75.6 Å². The molecular formula is C6H9NO4S. The number of hydrogen-bond donors (Lipinski definition) is 2. The molecule has 1 unspecified atom stereocenters. The Morgan fingerprint density at radius 3 is 2.75 bits per heavy atom. The maximum absolute atomic E-state index is 10.9. The van der Waals surface area contributed by atoms with Crippen LogP contribution in [0.2, 0.25) is 0 Å². The van der Waals surface area contributed by atoms with Gasteiger partial charge in [0.2, 0.25) is 0 Å². The Balaban J connectivity index is 2.45. The van der Waals surface area contributed by atoms with Crippen LogP contribution in [0.3, 0.4) is 0 Å². The summed E-state index contributed by atoms with van der Waals surface area (Å²) in [5, 5.41) is 10.7. The van der Waals surface area contributed by atoms with E-state index in [9.17, 15) is 9.59 Å². The van der Waals surface area contributed by atoms with Crippen molar-refractivity contribution >= 4 is 23.7 Å². The number of methoxy groups -OCH3 is 1. The van der Waals surface area contributed by atoms with Gasteiger partial charge in [0.15, 0.2) is 5.37 Å². The molecule has 1 saturated heterocycles. The minimum atomic E-state index is -0.936. The first kappa shape index (κ1) is 9.34. The highest BCUT2D eigenvalue weighted by Gasteiger charge is 2.34. The Labute approximate surface area is 73.5 Å². The van der Waals surface area contributed by atoms with Gasteiger partial charge in [0.05, 0.1) is 7.11 Å². The van der Waals surface area contributed by atoms with E-state index in [2.05, 4.69) is 10.1 Å². The summed E-state index contributed by atoms with van der Waals surface area (Å²) in [6.45, 7) is 0. The summed E-state index contributed by atoms with van der Waals surface area (Å²) in [4.78, 5) is 21.3. The second kappa shape index (κ2) is 3.77. The summed E-state index contributed by atoms with van der Waals surface area (Å²) >= 11 is 1.24. The van der Waals surface area contributed by atoms with Crippen molar-refractivity contribution in [3.05, 3.63) is 0 Å². The number of esters is 1. The Bertz CT molecular complexity index is 208. The zero-order valence-electron chi connectivity index (χ0n) is 6.44. The average Bonchev–Trinajstić information content (AvgIpc) is 2.51. The maximum Gasteiger partial charge on any atom is 0.333 e. The van der Waals surface area contributed by atoms with Gasteiger partial charge in [0, 0.05) is 5.75 Å². The van der Waals surface area contributed by atoms with Crippen LogP contribution in [0, 0.1) is 0 Å². The van der Waals surface area contributed by atoms with Crippen molar-refractivity contribution in [1.29, 1.82) is 0 Å². The molecule has 0 bridgehead atoms. The van der Waals surface area contributed by atoms with E-state index in [4.69, 9.17) is 5.11 Å². The van der Waals surface area contributed by atoms with Gasteiger partial charge in [-0.25, -0.2) is 4.79 Å². The molecule has 0 aliphatic carbocycles. The lowest BCUT2D eigenvalue weighted by Gasteiger charge is -2.07. The van der Waals surface area contributed by atoms with Crippen LogP contribution in [-0.4, -0.2) is 41.3 Å². The number of aliphatic carboxylic acids is 1. The molecule has 0 aromatic carbocycles. The van der Waals surface area contributed by atoms with Crippen molar-refractivity contribution in [2.75, 3.05) is 12.9 Å². The van der Waals surface area contributed by atoms with E-state index in [1.165, 1.54) is 18.9 Å². The van der Waals surface area contributed by atoms with Gasteiger partial charge < -0.3 is 9.84 Å². The van der Waals surface area contributed by atoms with E-state index < -0.39 is 23.4 Å². The number of hydrogen-bond acceptors (Lipinski definition) is 5. The third-order valence-electron chi connectivity index (χ3n) is 1.50. The van der Waals surface area contributed by atoms with E-state index in [0.717, 1.165) is 0 Å². The molecule has 0 radical (unpaired) electrons. The first-order valence-electron chi connectivity index (χ1n) is 3.33. The minimum Gasteiger partial charge on any atom is -0.480 e. The highest BCUT2D eigenvalue weighted by atomic mass is 32.2. The van der Waals surface area contributed by atoms with Gasteiger partial charge in [-0.1, -0.05) is 0 Å². The Kier molecular flexibility index (Phi) is 2.93. The summed E-state index contributed by atoms with van der Waals surface area (Å²) in [5.41, 5.74) is 0. The van der Waals surface area contributed by atoms with E-state index in [0.29, 0.717) is 5.75 Å². The number of nitrogens with one attached hydrogen (secondary N) is 1. The van der Waals surface area contributed by atoms with Crippen LogP contribution >= 0.6 is 11.8 Å². The first-order valence-corrected chi connectivity index (χ1v) is 4.38. The molecule has 1 heterocycles. The molecule has 1 rings (SSSR count). The number of ether oxygens (including phenoxy) is 1. The predicted molar refractivity (Wildman–Crippen MR) is 42.8 cm³/mol. The van der Waals surface area contributed by atoms with Crippen molar-refractivity contribution in [3.63, 3.8) is 0 Å². The molecule has 6 heteroatoms. The summed E-state index contributed by atoms with van der Waals surface area (Å²) in [6, 6.07) is -0.640. The maximum atomic E-state index is 10.9. The van der Waals surface area contributed by atoms with Crippen LogP contribution in [0.5, 0.6) is 0 Å². The van der Waals surface area contributed by atoms with E-state index >= 15 is 0 Å². The van der Waals surface area contributed by atoms with Crippen molar-refractivity contribution < 1.29 is 19.4 Å². The van der Waals surface area contributed by atoms with Crippen molar-refractivity contribution in [3.8, 4) is 0 Å². The fourth-order valence-corrected chi connectivity index (χ4v) is 1.97. The minimum absolute atomic E-state index is 0.398. The van der Waals surface area contributed by atoms with E-state index in [1.54, 1.807) is 0 Å². The Morgan fingerprint density at radius 1 is 1.67 bits per heavy atom. The summed E-state index contributed by atoms with van der Waals surface area (Å²) in [6.07, 6.45) is 0. The second-order valence-electron chi connectivity index (χ2n) is 2.29. The molecule has 2 atom stereocenters. The Hall–Kier alpha value is -0.750. The van der Waals surface area contributed by atoms with Crippen LogP contribution in [-0.2, 0) is 14.3 Å². The monoisotopic (exact) mass is 191 g/mol. The molecule has 5 nitrogen and oxygen atoms in total. The molecule has 0 saturated carbocycles. The van der Waals surface area contributed by atoms with Crippen LogP contribution < -0.4 is 5.32 Å². The third-order valence-corrected chi connectivity index (χ3v) is 2.68. The van der Waals surface area contributed by atoms with Crippen molar-refractivity contribution in [2.24, 2.45) is 0 Å². The number of carbonyl (C=O) groups excluding carboxylic acids is 1. The lowest BCUT2D eigenvalue weighted by atomic mass is 10.3. The lowest BCUT2D eigenvalue weighted by Crippen LogP contribution is -2.40. The van der Waals surface area contributed by atoms with Gasteiger partial charge in [-0.15, -0.1) is 11.8 Å². The zero-order chi connectivity index (χ0) is 9.14. The number of rotatable bonds is 2. The molecular weight excluding hydrogens is 182 g/mol. The molecule has 2 N–H and O–H groups in total. The zero-order valence-corrected chi connectivity index (χ0v) is 7.26. The van der Waals surface area contributed by atoms with Crippen molar-refractivity contribution in [1.82, 2.24) is 5.32 Å². The SMILES string of the molecule is COC(=O)C1N[C@@H](C(=O)O)CS1.